The Kier molecular flexibility index (Phi) is 20.8. The quantitative estimate of drug-likeness (QED) is 0.0183. The van der Waals surface area contributed by atoms with Crippen molar-refractivity contribution in [2.24, 2.45) is 33.7 Å². The summed E-state index contributed by atoms with van der Waals surface area (Å²) in [4.78, 5) is 137. The zero-order valence-corrected chi connectivity index (χ0v) is 50.7. The topological polar surface area (TPSA) is 409 Å². The third kappa shape index (κ3) is 15.4. The van der Waals surface area contributed by atoms with Gasteiger partial charge in [0, 0.05) is 114 Å². The van der Waals surface area contributed by atoms with Gasteiger partial charge in [0.1, 0.15) is 42.3 Å². The normalized spacial score (nSPS) is 16.9. The van der Waals surface area contributed by atoms with Crippen molar-refractivity contribution in [1.29, 1.82) is 0 Å². The third-order valence-electron chi connectivity index (χ3n) is 17.5. The average molecular weight is 1240 g/mol. The number of rotatable bonds is 29. The molecule has 0 saturated carbocycles. The van der Waals surface area contributed by atoms with Crippen LogP contribution in [0.1, 0.15) is 80.0 Å². The van der Waals surface area contributed by atoms with E-state index < -0.39 is 95.6 Å². The van der Waals surface area contributed by atoms with Gasteiger partial charge in [-0.25, -0.2) is 0 Å². The van der Waals surface area contributed by atoms with Crippen LogP contribution in [0, 0.1) is 0 Å². The molecule has 25 nitrogen and oxygen atoms in total. The number of primary amides is 1. The number of aromatic nitrogens is 4. The van der Waals surface area contributed by atoms with E-state index in [4.69, 9.17) is 28.7 Å². The molecule has 4 aromatic heterocycles. The van der Waals surface area contributed by atoms with E-state index in [1.54, 1.807) is 24.8 Å². The monoisotopic (exact) mass is 1240 g/mol. The molecule has 25 heteroatoms. The van der Waals surface area contributed by atoms with Gasteiger partial charge in [-0.2, -0.15) is 0 Å². The summed E-state index contributed by atoms with van der Waals surface area (Å²) in [6.45, 7) is 0.932. The number of aliphatic imine (C=N–C) groups is 1. The van der Waals surface area contributed by atoms with Gasteiger partial charge in [0.2, 0.25) is 47.3 Å². The van der Waals surface area contributed by atoms with Crippen molar-refractivity contribution >= 4 is 96.8 Å². The maximum absolute atomic E-state index is 15.5. The van der Waals surface area contributed by atoms with E-state index in [1.807, 2.05) is 97.1 Å². The molecule has 91 heavy (non-hydrogen) atoms. The molecule has 0 spiro atoms. The molecule has 0 unspecified atom stereocenters. The SMILES string of the molecule is NCCCC[C@H](N)C(=O)N[C@@H](Cc1c[nH]c2ccccc12)C(=O)N1CCC[C@H]1C(=O)N[C@@H](Cc1c[nH]c2ccccc12)C(=O)N[C@@H](Cc1c[nH]c2ccccc12)C(=O)N1CCC[C@H]1C(=O)N[C@@H](Cc1c[nH]c2ccccc12)C(=O)N[C@@H](CCCN=C(N)N)C(N)=O. The van der Waals surface area contributed by atoms with Gasteiger partial charge >= 0.3 is 0 Å². The molecule has 0 radical (unpaired) electrons. The Hall–Kier alpha value is -10.0. The second-order valence-corrected chi connectivity index (χ2v) is 23.7. The molecule has 0 aliphatic carbocycles. The Labute approximate surface area is 525 Å². The van der Waals surface area contributed by atoms with Crippen molar-refractivity contribution in [3.05, 3.63) is 144 Å². The lowest BCUT2D eigenvalue weighted by Gasteiger charge is -2.32. The molecule has 10 rings (SSSR count). The largest absolute Gasteiger partial charge is 0.370 e. The van der Waals surface area contributed by atoms with Gasteiger partial charge in [0.25, 0.3) is 0 Å². The van der Waals surface area contributed by atoms with Crippen molar-refractivity contribution < 1.29 is 38.4 Å². The fourth-order valence-corrected chi connectivity index (χ4v) is 12.7. The number of nitrogens with one attached hydrogen (secondary N) is 9. The Bertz CT molecular complexity index is 3960. The summed E-state index contributed by atoms with van der Waals surface area (Å²) in [6.07, 6.45) is 10.4. The molecule has 6 heterocycles. The van der Waals surface area contributed by atoms with Crippen molar-refractivity contribution in [1.82, 2.24) is 56.3 Å². The minimum Gasteiger partial charge on any atom is -0.370 e. The number of nitrogens with zero attached hydrogens (tertiary/aromatic N) is 3. The zero-order valence-electron chi connectivity index (χ0n) is 50.7. The standard InChI is InChI=1S/C66H81N17O8/c67-26-10-9-18-46(68)59(85)80-54(32-40-36-75-49-21-7-3-16-44(40)49)64(90)82-28-12-24-56(82)63(89)79-53(31-39-35-74-48-20-6-2-15-43(39)48)61(87)81-55(33-41-37-76-50-22-8-4-17-45(41)50)65(91)83-29-13-25-57(83)62(88)78-52(30-38-34-73-47-19-5-1-14-42(38)47)60(86)77-51(58(69)84)23-11-27-72-66(70)71/h1-8,14-17,19-22,34-37,46,51-57,73-76H,9-13,18,23-33,67-68H2,(H2,69,84)(H,77,86)(H,78,88)(H,79,89)(H,80,85)(H,81,87)(H4,70,71,72)/t46-,51-,52-,53-,54-,55-,56-,57-/m0/s1. The Balaban J connectivity index is 0.922. The van der Waals surface area contributed by atoms with Gasteiger partial charge in [-0.15, -0.1) is 0 Å². The Morgan fingerprint density at radius 3 is 1.23 bits per heavy atom. The first-order chi connectivity index (χ1) is 44.0. The number of guanidine groups is 1. The second kappa shape index (κ2) is 29.5. The minimum absolute atomic E-state index is 0.00980. The number of hydrogen-bond acceptors (Lipinski definition) is 11. The summed E-state index contributed by atoms with van der Waals surface area (Å²) in [7, 11) is 0. The molecule has 2 aliphatic heterocycles. The Morgan fingerprint density at radius 2 is 0.846 bits per heavy atom. The first-order valence-corrected chi connectivity index (χ1v) is 31.2. The molecular weight excluding hydrogens is 1160 g/mol. The maximum atomic E-state index is 15.5. The van der Waals surface area contributed by atoms with Crippen LogP contribution in [-0.4, -0.2) is 157 Å². The number of aromatic amines is 4. The molecule has 2 saturated heterocycles. The summed E-state index contributed by atoms with van der Waals surface area (Å²) in [6, 6.07) is 20.9. The predicted octanol–water partition coefficient (Wildman–Crippen LogP) is 2.28. The van der Waals surface area contributed by atoms with Crippen LogP contribution in [-0.2, 0) is 64.0 Å². The molecule has 8 amide bonds. The van der Waals surface area contributed by atoms with E-state index >= 15 is 19.2 Å². The number of hydrogen-bond donors (Lipinski definition) is 14. The van der Waals surface area contributed by atoms with E-state index in [9.17, 15) is 19.2 Å². The number of H-pyrrole nitrogens is 4. The van der Waals surface area contributed by atoms with Crippen LogP contribution in [0.15, 0.2) is 127 Å². The highest BCUT2D eigenvalue weighted by molar-refractivity contribution is 6.00. The fraction of sp³-hybridized carbons (Fsp3) is 0.379. The Morgan fingerprint density at radius 1 is 0.473 bits per heavy atom. The van der Waals surface area contributed by atoms with Crippen LogP contribution in [0.5, 0.6) is 0 Å². The van der Waals surface area contributed by atoms with Gasteiger partial charge in [-0.05, 0) is 104 Å². The molecule has 2 aliphatic rings. The van der Waals surface area contributed by atoms with Crippen LogP contribution >= 0.6 is 0 Å². The maximum Gasteiger partial charge on any atom is 0.246 e. The minimum atomic E-state index is -1.33. The van der Waals surface area contributed by atoms with Crippen LogP contribution in [0.2, 0.25) is 0 Å². The van der Waals surface area contributed by atoms with Gasteiger partial charge < -0.3 is 85.0 Å². The first-order valence-electron chi connectivity index (χ1n) is 31.2. The molecule has 478 valence electrons. The predicted molar refractivity (Wildman–Crippen MR) is 347 cm³/mol. The van der Waals surface area contributed by atoms with Gasteiger partial charge in [-0.1, -0.05) is 79.2 Å². The van der Waals surface area contributed by atoms with Crippen LogP contribution in [0.4, 0.5) is 0 Å². The van der Waals surface area contributed by atoms with Gasteiger partial charge in [0.15, 0.2) is 5.96 Å². The van der Waals surface area contributed by atoms with Crippen molar-refractivity contribution in [3.63, 3.8) is 0 Å². The van der Waals surface area contributed by atoms with E-state index in [2.05, 4.69) is 51.5 Å². The summed E-state index contributed by atoms with van der Waals surface area (Å²) < 4.78 is 0. The molecule has 4 aromatic carbocycles. The van der Waals surface area contributed by atoms with Crippen LogP contribution in [0.3, 0.4) is 0 Å². The lowest BCUT2D eigenvalue weighted by atomic mass is 10.00. The van der Waals surface area contributed by atoms with Crippen molar-refractivity contribution in [3.8, 4) is 0 Å². The zero-order chi connectivity index (χ0) is 64.1. The highest BCUT2D eigenvalue weighted by Gasteiger charge is 2.43. The summed E-state index contributed by atoms with van der Waals surface area (Å²) >= 11 is 0. The van der Waals surface area contributed by atoms with Gasteiger partial charge in [0.05, 0.1) is 6.04 Å². The number of fused-ring (bicyclic) bond motifs is 4. The second-order valence-electron chi connectivity index (χ2n) is 23.7. The fourth-order valence-electron chi connectivity index (χ4n) is 12.7. The number of benzene rings is 4. The van der Waals surface area contributed by atoms with Crippen molar-refractivity contribution in [2.75, 3.05) is 26.2 Å². The van der Waals surface area contributed by atoms with Crippen LogP contribution in [0.25, 0.3) is 43.6 Å². The molecular formula is C66H81N17O8. The lowest BCUT2D eigenvalue weighted by Crippen LogP contribution is -2.60. The molecule has 19 N–H and O–H groups in total. The van der Waals surface area contributed by atoms with E-state index in [0.29, 0.717) is 61.8 Å². The van der Waals surface area contributed by atoms with E-state index in [0.717, 1.165) is 49.2 Å². The summed E-state index contributed by atoms with van der Waals surface area (Å²) in [5.41, 5.74) is 35.0. The van der Waals surface area contributed by atoms with E-state index in [-0.39, 0.29) is 70.5 Å². The molecule has 0 bridgehead atoms. The smallest absolute Gasteiger partial charge is 0.246 e. The molecule has 2 fully saturated rings. The number of carbonyl (C=O) groups excluding carboxylic acids is 8. The summed E-state index contributed by atoms with van der Waals surface area (Å²) in [5.74, 6) is -5.18. The van der Waals surface area contributed by atoms with E-state index in [1.165, 1.54) is 9.80 Å². The number of para-hydroxylation sites is 4. The lowest BCUT2D eigenvalue weighted by molar-refractivity contribution is -0.143. The first kappa shape index (κ1) is 64.0. The average Bonchev–Trinajstić information content (AvgIpc) is 2.06. The highest BCUT2D eigenvalue weighted by atomic mass is 16.2. The number of unbranched alkanes of at least 4 members (excludes halogenated alkanes) is 1. The van der Waals surface area contributed by atoms with Crippen molar-refractivity contribution in [2.45, 2.75) is 132 Å². The summed E-state index contributed by atoms with van der Waals surface area (Å²) in [5, 5.41) is 17.9. The number of likely N-dealkylation sites (tertiary alicyclic amines) is 2. The van der Waals surface area contributed by atoms with Gasteiger partial charge in [-0.3, -0.25) is 43.3 Å². The number of nitrogens with two attached hydrogens (primary N) is 5. The third-order valence-corrected chi connectivity index (χ3v) is 17.5. The van der Waals surface area contributed by atoms with Crippen LogP contribution < -0.4 is 55.3 Å². The number of carbonyl (C=O) groups is 8. The highest BCUT2D eigenvalue weighted by Crippen LogP contribution is 2.28. The number of amides is 8. The molecule has 8 aromatic rings. The molecule has 8 atom stereocenters.